The van der Waals surface area contributed by atoms with Crippen molar-refractivity contribution in [2.24, 2.45) is 0 Å². The van der Waals surface area contributed by atoms with Gasteiger partial charge in [-0.3, -0.25) is 4.79 Å². The molecule has 0 aliphatic carbocycles. The fraction of sp³-hybridized carbons (Fsp3) is 0.143. The zero-order valence-corrected chi connectivity index (χ0v) is 19.6. The highest BCUT2D eigenvalue weighted by atomic mass is 35.5. The van der Waals surface area contributed by atoms with Crippen LogP contribution in [0.5, 0.6) is 5.75 Å². The van der Waals surface area contributed by atoms with Crippen LogP contribution in [0.15, 0.2) is 84.9 Å². The van der Waals surface area contributed by atoms with Crippen LogP contribution < -0.4 is 10.1 Å². The Morgan fingerprint density at radius 1 is 0.971 bits per heavy atom. The largest absolute Gasteiger partial charge is 0.487 e. The van der Waals surface area contributed by atoms with Crippen LogP contribution in [0.2, 0.25) is 5.02 Å². The first-order valence-corrected chi connectivity index (χ1v) is 11.3. The molecule has 0 saturated heterocycles. The number of halogens is 1. The van der Waals surface area contributed by atoms with E-state index < -0.39 is 0 Å². The van der Waals surface area contributed by atoms with Gasteiger partial charge in [0.1, 0.15) is 19.0 Å². The number of carbonyl (C=O) groups excluding carboxylic acids is 1. The molecule has 6 heteroatoms. The van der Waals surface area contributed by atoms with Crippen molar-refractivity contribution in [1.82, 2.24) is 10.3 Å². The third kappa shape index (κ3) is 6.44. The number of benzene rings is 3. The van der Waals surface area contributed by atoms with Gasteiger partial charge in [-0.15, -0.1) is 0 Å². The summed E-state index contributed by atoms with van der Waals surface area (Å²) in [7, 11) is 1.50. The summed E-state index contributed by atoms with van der Waals surface area (Å²) in [6.07, 6.45) is 2.03. The monoisotopic (exact) mass is 472 g/mol. The number of nitrogens with one attached hydrogen (secondary N) is 1. The smallest absolute Gasteiger partial charge is 0.246 e. The summed E-state index contributed by atoms with van der Waals surface area (Å²) in [6.45, 7) is 0.764. The van der Waals surface area contributed by atoms with Crippen molar-refractivity contribution in [3.05, 3.63) is 107 Å². The Morgan fingerprint density at radius 2 is 1.74 bits per heavy atom. The second-order valence-electron chi connectivity index (χ2n) is 7.74. The van der Waals surface area contributed by atoms with Gasteiger partial charge in [-0.05, 0) is 59.2 Å². The second-order valence-corrected chi connectivity index (χ2v) is 8.18. The molecule has 1 aromatic heterocycles. The summed E-state index contributed by atoms with van der Waals surface area (Å²) in [5, 5.41) is 4.67. The number of aromatic nitrogens is 1. The SMILES string of the molecule is COCC(=O)NCC(=Cc1ccc(Cl)cc1)c1ccc(OCc2ccc3ccccc3n2)cc1. The van der Waals surface area contributed by atoms with Gasteiger partial charge < -0.3 is 14.8 Å². The normalized spacial score (nSPS) is 11.4. The van der Waals surface area contributed by atoms with Gasteiger partial charge in [0.25, 0.3) is 0 Å². The third-order valence-electron chi connectivity index (χ3n) is 5.23. The lowest BCUT2D eigenvalue weighted by Crippen LogP contribution is -2.28. The summed E-state index contributed by atoms with van der Waals surface area (Å²) in [5.41, 5.74) is 4.74. The summed E-state index contributed by atoms with van der Waals surface area (Å²) in [5.74, 6) is 0.570. The van der Waals surface area contributed by atoms with E-state index in [1.54, 1.807) is 0 Å². The fourth-order valence-corrected chi connectivity index (χ4v) is 3.61. The molecule has 4 aromatic rings. The maximum Gasteiger partial charge on any atom is 0.246 e. The molecule has 0 aliphatic heterocycles. The molecule has 0 saturated carbocycles. The molecule has 34 heavy (non-hydrogen) atoms. The van der Waals surface area contributed by atoms with Crippen molar-refractivity contribution in [2.75, 3.05) is 20.3 Å². The van der Waals surface area contributed by atoms with Gasteiger partial charge in [-0.1, -0.05) is 60.1 Å². The Kier molecular flexibility index (Phi) is 7.91. The van der Waals surface area contributed by atoms with Gasteiger partial charge in [0.05, 0.1) is 11.2 Å². The number of amides is 1. The lowest BCUT2D eigenvalue weighted by atomic mass is 10.0. The fourth-order valence-electron chi connectivity index (χ4n) is 3.48. The first kappa shape index (κ1) is 23.5. The first-order chi connectivity index (χ1) is 16.6. The minimum absolute atomic E-state index is 0.0177. The van der Waals surface area contributed by atoms with E-state index in [1.165, 1.54) is 7.11 Å². The summed E-state index contributed by atoms with van der Waals surface area (Å²) in [6, 6.07) is 27.4. The van der Waals surface area contributed by atoms with Crippen molar-refractivity contribution >= 4 is 40.1 Å². The van der Waals surface area contributed by atoms with E-state index in [4.69, 9.17) is 21.1 Å². The van der Waals surface area contributed by atoms with Crippen LogP contribution in [-0.2, 0) is 16.1 Å². The molecule has 1 amide bonds. The average Bonchev–Trinajstić information content (AvgIpc) is 2.87. The van der Waals surface area contributed by atoms with Gasteiger partial charge in [-0.25, -0.2) is 4.98 Å². The molecule has 0 fully saturated rings. The highest BCUT2D eigenvalue weighted by Gasteiger charge is 2.07. The molecular formula is C28H25ClN2O3. The van der Waals surface area contributed by atoms with E-state index in [0.29, 0.717) is 18.2 Å². The van der Waals surface area contributed by atoms with Gasteiger partial charge in [-0.2, -0.15) is 0 Å². The maximum absolute atomic E-state index is 11.9. The number of carbonyl (C=O) groups is 1. The first-order valence-electron chi connectivity index (χ1n) is 10.9. The number of fused-ring (bicyclic) bond motifs is 1. The molecule has 172 valence electrons. The number of ether oxygens (including phenoxy) is 2. The Hall–Kier alpha value is -3.67. The van der Waals surface area contributed by atoms with E-state index in [2.05, 4.69) is 16.4 Å². The number of methoxy groups -OCH3 is 1. The van der Waals surface area contributed by atoms with E-state index in [1.807, 2.05) is 84.9 Å². The molecule has 1 heterocycles. The molecule has 5 nitrogen and oxygen atoms in total. The standard InChI is InChI=1S/C28H25ClN2O3/c1-33-19-28(32)30-17-23(16-20-6-11-24(29)12-7-20)21-9-14-26(15-10-21)34-18-25-13-8-22-4-2-3-5-27(22)31-25/h2-16H,17-19H2,1H3,(H,30,32). The topological polar surface area (TPSA) is 60.5 Å². The van der Waals surface area contributed by atoms with Crippen molar-refractivity contribution in [3.8, 4) is 5.75 Å². The molecule has 1 N–H and O–H groups in total. The highest BCUT2D eigenvalue weighted by molar-refractivity contribution is 6.30. The predicted molar refractivity (Wildman–Crippen MR) is 137 cm³/mol. The molecular weight excluding hydrogens is 448 g/mol. The Bertz CT molecular complexity index is 1290. The maximum atomic E-state index is 11.9. The predicted octanol–water partition coefficient (Wildman–Crippen LogP) is 5.77. The lowest BCUT2D eigenvalue weighted by molar-refractivity contribution is -0.124. The summed E-state index contributed by atoms with van der Waals surface area (Å²) < 4.78 is 10.9. The minimum atomic E-state index is -0.174. The van der Waals surface area contributed by atoms with E-state index in [-0.39, 0.29) is 12.5 Å². The average molecular weight is 473 g/mol. The van der Waals surface area contributed by atoms with Crippen molar-refractivity contribution in [1.29, 1.82) is 0 Å². The van der Waals surface area contributed by atoms with Crippen LogP contribution in [0.3, 0.4) is 0 Å². The number of nitrogens with zero attached hydrogens (tertiary/aromatic N) is 1. The van der Waals surface area contributed by atoms with Gasteiger partial charge in [0.15, 0.2) is 0 Å². The summed E-state index contributed by atoms with van der Waals surface area (Å²) in [4.78, 5) is 16.6. The molecule has 0 aliphatic rings. The minimum Gasteiger partial charge on any atom is -0.487 e. The molecule has 0 radical (unpaired) electrons. The molecule has 3 aromatic carbocycles. The summed E-state index contributed by atoms with van der Waals surface area (Å²) >= 11 is 6.01. The molecule has 4 rings (SSSR count). The number of para-hydroxylation sites is 1. The van der Waals surface area contributed by atoms with Crippen LogP contribution in [0, 0.1) is 0 Å². The van der Waals surface area contributed by atoms with E-state index >= 15 is 0 Å². The van der Waals surface area contributed by atoms with Crippen LogP contribution in [0.25, 0.3) is 22.6 Å². The van der Waals surface area contributed by atoms with E-state index in [0.717, 1.165) is 39.0 Å². The zero-order valence-electron chi connectivity index (χ0n) is 18.8. The van der Waals surface area contributed by atoms with E-state index in [9.17, 15) is 4.79 Å². The van der Waals surface area contributed by atoms with Crippen molar-refractivity contribution in [3.63, 3.8) is 0 Å². The third-order valence-corrected chi connectivity index (χ3v) is 5.48. The molecule has 0 bridgehead atoms. The lowest BCUT2D eigenvalue weighted by Gasteiger charge is -2.12. The van der Waals surface area contributed by atoms with Crippen LogP contribution >= 0.6 is 11.6 Å². The van der Waals surface area contributed by atoms with Crippen LogP contribution in [0.1, 0.15) is 16.8 Å². The number of pyridine rings is 1. The number of hydrogen-bond acceptors (Lipinski definition) is 4. The van der Waals surface area contributed by atoms with Crippen LogP contribution in [0.4, 0.5) is 0 Å². The number of hydrogen-bond donors (Lipinski definition) is 1. The quantitative estimate of drug-likeness (QED) is 0.314. The Balaban J connectivity index is 1.47. The zero-order chi connectivity index (χ0) is 23.8. The second kappa shape index (κ2) is 11.5. The molecule has 0 spiro atoms. The van der Waals surface area contributed by atoms with Gasteiger partial charge in [0, 0.05) is 24.1 Å². The van der Waals surface area contributed by atoms with Gasteiger partial charge in [0.2, 0.25) is 5.91 Å². The molecule has 0 atom stereocenters. The number of rotatable bonds is 9. The van der Waals surface area contributed by atoms with Crippen molar-refractivity contribution in [2.45, 2.75) is 6.61 Å². The van der Waals surface area contributed by atoms with Crippen LogP contribution in [-0.4, -0.2) is 31.2 Å². The van der Waals surface area contributed by atoms with Crippen molar-refractivity contribution < 1.29 is 14.3 Å². The van der Waals surface area contributed by atoms with Gasteiger partial charge >= 0.3 is 0 Å². The highest BCUT2D eigenvalue weighted by Crippen LogP contribution is 2.23. The Labute approximate surface area is 204 Å². The Morgan fingerprint density at radius 3 is 2.50 bits per heavy atom. The molecule has 0 unspecified atom stereocenters.